The van der Waals surface area contributed by atoms with Crippen LogP contribution in [0.15, 0.2) is 12.1 Å². The van der Waals surface area contributed by atoms with E-state index in [9.17, 15) is 4.79 Å². The number of nitrogens with zero attached hydrogens (tertiary/aromatic N) is 1. The van der Waals surface area contributed by atoms with Gasteiger partial charge in [-0.2, -0.15) is 0 Å². The molecule has 1 aromatic rings. The molecule has 1 amide bonds. The summed E-state index contributed by atoms with van der Waals surface area (Å²) >= 11 is 0. The molecular weight excluding hydrogens is 258 g/mol. The maximum Gasteiger partial charge on any atom is 0.248 e. The highest BCUT2D eigenvalue weighted by atomic mass is 16.6. The third kappa shape index (κ3) is 3.91. The number of ether oxygens (including phenoxy) is 2. The van der Waals surface area contributed by atoms with Crippen molar-refractivity contribution in [2.75, 3.05) is 19.7 Å². The topological polar surface area (TPSA) is 86.5 Å². The van der Waals surface area contributed by atoms with Crippen LogP contribution in [0.3, 0.4) is 0 Å². The molecule has 1 aliphatic heterocycles. The molecule has 0 bridgehead atoms. The number of pyridine rings is 1. The Bertz CT molecular complexity index is 502. The maximum atomic E-state index is 11.2. The molecule has 6 nitrogen and oxygen atoms in total. The Morgan fingerprint density at radius 1 is 1.60 bits per heavy atom. The average Bonchev–Trinajstić information content (AvgIpc) is 2.34. The molecule has 110 valence electrons. The smallest absolute Gasteiger partial charge is 0.248 e. The zero-order valence-electron chi connectivity index (χ0n) is 12.1. The number of primary amides is 1. The standard InChI is InChI=1S/C14H21N3O3/c1-9-4-10(13(15)18)5-12(17-9)19-7-11-6-16-8-14(2,3)20-11/h4-5,11,16H,6-8H2,1-3H3,(H2,15,18). The van der Waals surface area contributed by atoms with Crippen molar-refractivity contribution in [1.29, 1.82) is 0 Å². The lowest BCUT2D eigenvalue weighted by molar-refractivity contribution is -0.107. The molecule has 20 heavy (non-hydrogen) atoms. The number of aromatic nitrogens is 1. The summed E-state index contributed by atoms with van der Waals surface area (Å²) in [5, 5.41) is 3.30. The molecule has 3 N–H and O–H groups in total. The van der Waals surface area contributed by atoms with Gasteiger partial charge in [0, 0.05) is 30.4 Å². The number of aryl methyl sites for hydroxylation is 1. The van der Waals surface area contributed by atoms with E-state index in [1.807, 2.05) is 13.8 Å². The van der Waals surface area contributed by atoms with Crippen molar-refractivity contribution in [3.05, 3.63) is 23.4 Å². The van der Waals surface area contributed by atoms with Crippen LogP contribution in [0.5, 0.6) is 5.88 Å². The molecule has 1 saturated heterocycles. The molecule has 2 heterocycles. The second-order valence-corrected chi connectivity index (χ2v) is 5.64. The van der Waals surface area contributed by atoms with Gasteiger partial charge in [0.15, 0.2) is 0 Å². The monoisotopic (exact) mass is 279 g/mol. The maximum absolute atomic E-state index is 11.2. The fourth-order valence-electron chi connectivity index (χ4n) is 2.19. The van der Waals surface area contributed by atoms with Gasteiger partial charge in [0.2, 0.25) is 11.8 Å². The van der Waals surface area contributed by atoms with Crippen LogP contribution in [0.2, 0.25) is 0 Å². The summed E-state index contributed by atoms with van der Waals surface area (Å²) in [6.45, 7) is 7.78. The van der Waals surface area contributed by atoms with E-state index in [1.165, 1.54) is 0 Å². The molecule has 6 heteroatoms. The van der Waals surface area contributed by atoms with Gasteiger partial charge in [-0.3, -0.25) is 4.79 Å². The summed E-state index contributed by atoms with van der Waals surface area (Å²) in [5.41, 5.74) is 6.16. The van der Waals surface area contributed by atoms with Crippen LogP contribution in [0, 0.1) is 6.92 Å². The lowest BCUT2D eigenvalue weighted by atomic mass is 10.1. The molecule has 0 saturated carbocycles. The van der Waals surface area contributed by atoms with E-state index in [2.05, 4.69) is 10.3 Å². The SMILES string of the molecule is Cc1cc(C(N)=O)cc(OCC2CNCC(C)(C)O2)n1. The molecule has 0 aliphatic carbocycles. The quantitative estimate of drug-likeness (QED) is 0.844. The van der Waals surface area contributed by atoms with Crippen molar-refractivity contribution in [2.24, 2.45) is 5.73 Å². The summed E-state index contributed by atoms with van der Waals surface area (Å²) < 4.78 is 11.5. The zero-order valence-corrected chi connectivity index (χ0v) is 12.1. The average molecular weight is 279 g/mol. The van der Waals surface area contributed by atoms with Crippen LogP contribution in [-0.4, -0.2) is 42.3 Å². The van der Waals surface area contributed by atoms with Crippen molar-refractivity contribution in [2.45, 2.75) is 32.5 Å². The summed E-state index contributed by atoms with van der Waals surface area (Å²) in [6, 6.07) is 3.19. The van der Waals surface area contributed by atoms with E-state index in [0.29, 0.717) is 23.7 Å². The van der Waals surface area contributed by atoms with Crippen LogP contribution in [0.4, 0.5) is 0 Å². The van der Waals surface area contributed by atoms with Gasteiger partial charge in [-0.25, -0.2) is 4.98 Å². The minimum Gasteiger partial charge on any atom is -0.475 e. The van der Waals surface area contributed by atoms with Crippen molar-refractivity contribution in [3.63, 3.8) is 0 Å². The molecule has 1 aliphatic rings. The van der Waals surface area contributed by atoms with Gasteiger partial charge in [0.1, 0.15) is 12.7 Å². The fraction of sp³-hybridized carbons (Fsp3) is 0.571. The van der Waals surface area contributed by atoms with E-state index in [0.717, 1.165) is 13.1 Å². The zero-order chi connectivity index (χ0) is 14.8. The highest BCUT2D eigenvalue weighted by Crippen LogP contribution is 2.17. The van der Waals surface area contributed by atoms with Crippen LogP contribution < -0.4 is 15.8 Å². The number of hydrogen-bond donors (Lipinski definition) is 2. The first-order valence-electron chi connectivity index (χ1n) is 6.65. The molecule has 2 rings (SSSR count). The second kappa shape index (κ2) is 5.76. The lowest BCUT2D eigenvalue weighted by Gasteiger charge is -2.36. The number of nitrogens with one attached hydrogen (secondary N) is 1. The second-order valence-electron chi connectivity index (χ2n) is 5.64. The van der Waals surface area contributed by atoms with E-state index < -0.39 is 5.91 Å². The molecule has 1 fully saturated rings. The normalized spacial score (nSPS) is 21.4. The summed E-state index contributed by atoms with van der Waals surface area (Å²) in [5.74, 6) is -0.0946. The fourth-order valence-corrected chi connectivity index (χ4v) is 2.19. The van der Waals surface area contributed by atoms with Gasteiger partial charge in [-0.05, 0) is 26.8 Å². The molecule has 0 radical (unpaired) electrons. The number of carbonyl (C=O) groups is 1. The van der Waals surface area contributed by atoms with Gasteiger partial charge >= 0.3 is 0 Å². The van der Waals surface area contributed by atoms with Crippen LogP contribution in [-0.2, 0) is 4.74 Å². The Morgan fingerprint density at radius 3 is 3.00 bits per heavy atom. The minimum atomic E-state index is -0.489. The Kier molecular flexibility index (Phi) is 4.25. The number of nitrogens with two attached hydrogens (primary N) is 1. The predicted molar refractivity (Wildman–Crippen MR) is 74.8 cm³/mol. The number of carbonyl (C=O) groups excluding carboxylic acids is 1. The van der Waals surface area contributed by atoms with Gasteiger partial charge in [0.05, 0.1) is 5.60 Å². The van der Waals surface area contributed by atoms with Gasteiger partial charge in [0.25, 0.3) is 0 Å². The highest BCUT2D eigenvalue weighted by Gasteiger charge is 2.28. The predicted octanol–water partition coefficient (Wildman–Crippen LogP) is 0.635. The first-order valence-corrected chi connectivity index (χ1v) is 6.65. The van der Waals surface area contributed by atoms with E-state index in [-0.39, 0.29) is 11.7 Å². The first-order chi connectivity index (χ1) is 9.35. The summed E-state index contributed by atoms with van der Waals surface area (Å²) in [6.07, 6.45) is -0.0434. The lowest BCUT2D eigenvalue weighted by Crippen LogP contribution is -2.52. The molecule has 0 aromatic carbocycles. The Morgan fingerprint density at radius 2 is 2.35 bits per heavy atom. The number of hydrogen-bond acceptors (Lipinski definition) is 5. The number of rotatable bonds is 4. The van der Waals surface area contributed by atoms with E-state index in [4.69, 9.17) is 15.2 Å². The Labute approximate surface area is 118 Å². The van der Waals surface area contributed by atoms with Crippen molar-refractivity contribution in [3.8, 4) is 5.88 Å². The highest BCUT2D eigenvalue weighted by molar-refractivity contribution is 5.93. The van der Waals surface area contributed by atoms with Gasteiger partial charge < -0.3 is 20.5 Å². The molecule has 1 atom stereocenters. The van der Waals surface area contributed by atoms with Gasteiger partial charge in [-0.1, -0.05) is 0 Å². The molecule has 1 unspecified atom stereocenters. The summed E-state index contributed by atoms with van der Waals surface area (Å²) in [7, 11) is 0. The summed E-state index contributed by atoms with van der Waals surface area (Å²) in [4.78, 5) is 15.4. The third-order valence-corrected chi connectivity index (χ3v) is 3.04. The van der Waals surface area contributed by atoms with Crippen LogP contribution >= 0.6 is 0 Å². The minimum absolute atomic E-state index is 0.0434. The molecule has 1 aromatic heterocycles. The first kappa shape index (κ1) is 14.7. The largest absolute Gasteiger partial charge is 0.475 e. The number of morpholine rings is 1. The van der Waals surface area contributed by atoms with Crippen molar-refractivity contribution < 1.29 is 14.3 Å². The third-order valence-electron chi connectivity index (χ3n) is 3.04. The van der Waals surface area contributed by atoms with E-state index >= 15 is 0 Å². The van der Waals surface area contributed by atoms with E-state index in [1.54, 1.807) is 19.1 Å². The Hall–Kier alpha value is -1.66. The van der Waals surface area contributed by atoms with Gasteiger partial charge in [-0.15, -0.1) is 0 Å². The van der Waals surface area contributed by atoms with Crippen molar-refractivity contribution in [1.82, 2.24) is 10.3 Å². The van der Waals surface area contributed by atoms with Crippen LogP contribution in [0.1, 0.15) is 29.9 Å². The Balaban J connectivity index is 1.98. The van der Waals surface area contributed by atoms with Crippen molar-refractivity contribution >= 4 is 5.91 Å². The molecular formula is C14H21N3O3. The van der Waals surface area contributed by atoms with Crippen LogP contribution in [0.25, 0.3) is 0 Å². The number of amides is 1. The molecule has 0 spiro atoms.